The lowest BCUT2D eigenvalue weighted by Crippen LogP contribution is -1.97. The van der Waals surface area contributed by atoms with Gasteiger partial charge in [0.05, 0.1) is 17.0 Å². The Bertz CT molecular complexity index is 2870. The predicted molar refractivity (Wildman–Crippen MR) is 202 cm³/mol. The van der Waals surface area contributed by atoms with Crippen LogP contribution in [0.5, 0.6) is 0 Å². The standard InChI is InChI=1S/C45H27N3O2/c1-2-10-29(11-3-1)38-27-39(33-13-5-4-12-31(33)28-22-24-46-25-23-28)48-45(47-38)37-21-20-32(43-36-15-7-9-17-41(36)50-44(37)43)30-18-19-35-34-14-6-8-16-40(34)49-42(35)26-30/h1-27H. The second-order valence-corrected chi connectivity index (χ2v) is 12.4. The Morgan fingerprint density at radius 3 is 1.88 bits per heavy atom. The number of nitrogens with zero attached hydrogens (tertiary/aromatic N) is 3. The van der Waals surface area contributed by atoms with Crippen LogP contribution in [-0.4, -0.2) is 15.0 Å². The van der Waals surface area contributed by atoms with Crippen molar-refractivity contribution in [2.24, 2.45) is 0 Å². The molecule has 0 N–H and O–H groups in total. The molecular weight excluding hydrogens is 615 g/mol. The van der Waals surface area contributed by atoms with Crippen molar-refractivity contribution in [1.29, 1.82) is 0 Å². The van der Waals surface area contributed by atoms with Gasteiger partial charge in [-0.25, -0.2) is 9.97 Å². The van der Waals surface area contributed by atoms with Gasteiger partial charge in [-0.05, 0) is 70.8 Å². The van der Waals surface area contributed by atoms with E-state index in [1.807, 2.05) is 73.1 Å². The number of para-hydroxylation sites is 2. The van der Waals surface area contributed by atoms with Crippen LogP contribution in [0.4, 0.5) is 0 Å². The maximum absolute atomic E-state index is 6.71. The van der Waals surface area contributed by atoms with E-state index in [1.165, 1.54) is 0 Å². The highest BCUT2D eigenvalue weighted by molar-refractivity contribution is 6.16. The Morgan fingerprint density at radius 1 is 0.380 bits per heavy atom. The molecule has 0 unspecified atom stereocenters. The predicted octanol–water partition coefficient (Wildman–Crippen LogP) is 12.0. The molecule has 4 heterocycles. The third-order valence-electron chi connectivity index (χ3n) is 9.45. The number of benzene rings is 6. The monoisotopic (exact) mass is 641 g/mol. The number of hydrogen-bond acceptors (Lipinski definition) is 5. The maximum Gasteiger partial charge on any atom is 0.164 e. The zero-order valence-electron chi connectivity index (χ0n) is 26.7. The van der Waals surface area contributed by atoms with E-state index in [9.17, 15) is 0 Å². The number of hydrogen-bond donors (Lipinski definition) is 0. The van der Waals surface area contributed by atoms with Crippen molar-refractivity contribution in [3.05, 3.63) is 164 Å². The lowest BCUT2D eigenvalue weighted by Gasteiger charge is -2.13. The van der Waals surface area contributed by atoms with Crippen molar-refractivity contribution in [2.45, 2.75) is 0 Å². The van der Waals surface area contributed by atoms with Crippen LogP contribution in [0.25, 0.3) is 100 Å². The average molecular weight is 642 g/mol. The molecule has 0 fully saturated rings. The highest BCUT2D eigenvalue weighted by atomic mass is 16.3. The first-order valence-electron chi connectivity index (χ1n) is 16.6. The zero-order valence-corrected chi connectivity index (χ0v) is 26.7. The minimum Gasteiger partial charge on any atom is -0.456 e. The molecule has 6 aromatic carbocycles. The van der Waals surface area contributed by atoms with Crippen molar-refractivity contribution >= 4 is 43.9 Å². The first kappa shape index (κ1) is 28.2. The van der Waals surface area contributed by atoms with Crippen LogP contribution in [0.1, 0.15) is 0 Å². The van der Waals surface area contributed by atoms with Gasteiger partial charge in [0, 0.05) is 45.1 Å². The summed E-state index contributed by atoms with van der Waals surface area (Å²) in [6.45, 7) is 0. The number of pyridine rings is 1. The van der Waals surface area contributed by atoms with Gasteiger partial charge in [0.2, 0.25) is 0 Å². The van der Waals surface area contributed by atoms with Crippen LogP contribution in [0.15, 0.2) is 173 Å². The molecule has 0 radical (unpaired) electrons. The third kappa shape index (κ3) is 4.60. The molecule has 5 heteroatoms. The van der Waals surface area contributed by atoms with Crippen LogP contribution in [0.2, 0.25) is 0 Å². The molecule has 0 amide bonds. The molecule has 0 saturated carbocycles. The van der Waals surface area contributed by atoms with Gasteiger partial charge in [0.1, 0.15) is 22.3 Å². The van der Waals surface area contributed by atoms with Crippen molar-refractivity contribution in [3.63, 3.8) is 0 Å². The minimum atomic E-state index is 0.592. The van der Waals surface area contributed by atoms with Gasteiger partial charge in [-0.2, -0.15) is 0 Å². The van der Waals surface area contributed by atoms with Gasteiger partial charge in [-0.15, -0.1) is 0 Å². The highest BCUT2D eigenvalue weighted by Gasteiger charge is 2.21. The summed E-state index contributed by atoms with van der Waals surface area (Å²) in [5.41, 5.74) is 12.0. The highest BCUT2D eigenvalue weighted by Crippen LogP contribution is 2.43. The van der Waals surface area contributed by atoms with Crippen LogP contribution in [0, 0.1) is 0 Å². The van der Waals surface area contributed by atoms with E-state index in [0.717, 1.165) is 94.2 Å². The van der Waals surface area contributed by atoms with Crippen LogP contribution in [-0.2, 0) is 0 Å². The molecule has 0 atom stereocenters. The second kappa shape index (κ2) is 11.4. The number of furan rings is 2. The number of fused-ring (bicyclic) bond motifs is 6. The SMILES string of the molecule is c1ccc(-c2cc(-c3ccccc3-c3ccncc3)nc(-c3ccc(-c4ccc5c(c4)oc4ccccc45)c4c3oc3ccccc34)n2)cc1. The summed E-state index contributed by atoms with van der Waals surface area (Å²) in [6, 6.07) is 51.8. The van der Waals surface area contributed by atoms with E-state index in [1.54, 1.807) is 0 Å². The fraction of sp³-hybridized carbons (Fsp3) is 0. The quantitative estimate of drug-likeness (QED) is 0.187. The van der Waals surface area contributed by atoms with Crippen molar-refractivity contribution in [1.82, 2.24) is 15.0 Å². The Labute approximate surface area is 287 Å². The molecule has 4 aromatic heterocycles. The van der Waals surface area contributed by atoms with Gasteiger partial charge in [0.25, 0.3) is 0 Å². The van der Waals surface area contributed by atoms with Crippen molar-refractivity contribution < 1.29 is 8.83 Å². The summed E-state index contributed by atoms with van der Waals surface area (Å²) in [5, 5.41) is 4.26. The van der Waals surface area contributed by atoms with E-state index in [4.69, 9.17) is 18.8 Å². The second-order valence-electron chi connectivity index (χ2n) is 12.4. The summed E-state index contributed by atoms with van der Waals surface area (Å²) in [4.78, 5) is 14.7. The van der Waals surface area contributed by atoms with Crippen molar-refractivity contribution in [3.8, 4) is 56.2 Å². The first-order valence-corrected chi connectivity index (χ1v) is 16.6. The summed E-state index contributed by atoms with van der Waals surface area (Å²) >= 11 is 0. The van der Waals surface area contributed by atoms with Gasteiger partial charge >= 0.3 is 0 Å². The smallest absolute Gasteiger partial charge is 0.164 e. The van der Waals surface area contributed by atoms with Crippen molar-refractivity contribution in [2.75, 3.05) is 0 Å². The largest absolute Gasteiger partial charge is 0.456 e. The van der Waals surface area contributed by atoms with E-state index in [0.29, 0.717) is 5.82 Å². The zero-order chi connectivity index (χ0) is 33.0. The summed E-state index contributed by atoms with van der Waals surface area (Å²) in [6.07, 6.45) is 3.64. The summed E-state index contributed by atoms with van der Waals surface area (Å²) < 4.78 is 13.0. The third-order valence-corrected chi connectivity index (χ3v) is 9.45. The summed E-state index contributed by atoms with van der Waals surface area (Å²) in [7, 11) is 0. The molecule has 0 aliphatic carbocycles. The lowest BCUT2D eigenvalue weighted by molar-refractivity contribution is 0.668. The number of aromatic nitrogens is 3. The minimum absolute atomic E-state index is 0.592. The molecule has 0 aliphatic rings. The molecule has 50 heavy (non-hydrogen) atoms. The average Bonchev–Trinajstić information content (AvgIpc) is 3.77. The molecular formula is C45H27N3O2. The topological polar surface area (TPSA) is 65.0 Å². The Morgan fingerprint density at radius 2 is 1.04 bits per heavy atom. The molecule has 10 rings (SSSR count). The van der Waals surface area contributed by atoms with Gasteiger partial charge in [-0.3, -0.25) is 4.98 Å². The normalized spacial score (nSPS) is 11.6. The van der Waals surface area contributed by atoms with Crippen LogP contribution in [0.3, 0.4) is 0 Å². The molecule has 0 saturated heterocycles. The molecule has 0 spiro atoms. The van der Waals surface area contributed by atoms with E-state index < -0.39 is 0 Å². The van der Waals surface area contributed by atoms with Gasteiger partial charge in [-0.1, -0.05) is 103 Å². The molecule has 10 aromatic rings. The Hall–Kier alpha value is -6.85. The summed E-state index contributed by atoms with van der Waals surface area (Å²) in [5.74, 6) is 0.592. The lowest BCUT2D eigenvalue weighted by atomic mass is 9.95. The van der Waals surface area contributed by atoms with E-state index in [-0.39, 0.29) is 0 Å². The number of rotatable bonds is 5. The van der Waals surface area contributed by atoms with Gasteiger partial charge < -0.3 is 8.83 Å². The van der Waals surface area contributed by atoms with E-state index in [2.05, 4.69) is 96.0 Å². The molecule has 0 aliphatic heterocycles. The van der Waals surface area contributed by atoms with Gasteiger partial charge in [0.15, 0.2) is 5.82 Å². The molecule has 0 bridgehead atoms. The fourth-order valence-corrected chi connectivity index (χ4v) is 7.09. The van der Waals surface area contributed by atoms with Crippen LogP contribution < -0.4 is 0 Å². The van der Waals surface area contributed by atoms with Crippen LogP contribution >= 0.6 is 0 Å². The molecule has 5 nitrogen and oxygen atoms in total. The first-order chi connectivity index (χ1) is 24.8. The maximum atomic E-state index is 6.71. The molecule has 234 valence electrons. The van der Waals surface area contributed by atoms with E-state index >= 15 is 0 Å². The Kier molecular flexibility index (Phi) is 6.42. The Balaban J connectivity index is 1.22. The fourth-order valence-electron chi connectivity index (χ4n) is 7.09.